The molecule has 0 heterocycles. The molecule has 1 aromatic carbocycles. The topological polar surface area (TPSA) is 50.7 Å². The van der Waals surface area contributed by atoms with Gasteiger partial charge >= 0.3 is 0 Å². The summed E-state index contributed by atoms with van der Waals surface area (Å²) in [4.78, 5) is 0. The highest BCUT2D eigenvalue weighted by Gasteiger charge is 2.15. The largest absolute Gasteiger partial charge is 0.490 e. The summed E-state index contributed by atoms with van der Waals surface area (Å²) in [5, 5.41) is 13.2. The second-order valence-electron chi connectivity index (χ2n) is 5.77. The van der Waals surface area contributed by atoms with Crippen LogP contribution in [-0.2, 0) is 6.54 Å². The highest BCUT2D eigenvalue weighted by atomic mass is 16.5. The molecule has 0 saturated carbocycles. The minimum absolute atomic E-state index is 0.467. The van der Waals surface area contributed by atoms with Crippen LogP contribution in [0.5, 0.6) is 11.5 Å². The fourth-order valence-electron chi connectivity index (χ4n) is 1.94. The summed E-state index contributed by atoms with van der Waals surface area (Å²) in [6, 6.07) is 5.95. The first-order chi connectivity index (χ1) is 9.98. The van der Waals surface area contributed by atoms with Gasteiger partial charge in [-0.2, -0.15) is 0 Å². The summed E-state index contributed by atoms with van der Waals surface area (Å²) in [7, 11) is 0. The molecule has 4 heteroatoms. The molecule has 0 aliphatic carbocycles. The quantitative estimate of drug-likeness (QED) is 0.651. The fraction of sp³-hybridized carbons (Fsp3) is 0.647. The van der Waals surface area contributed by atoms with Crippen molar-refractivity contribution < 1.29 is 14.6 Å². The first-order valence-electron chi connectivity index (χ1n) is 7.78. The Morgan fingerprint density at radius 1 is 1.19 bits per heavy atom. The van der Waals surface area contributed by atoms with Gasteiger partial charge in [-0.05, 0) is 39.8 Å². The van der Waals surface area contributed by atoms with Crippen molar-refractivity contribution in [1.29, 1.82) is 0 Å². The highest BCUT2D eigenvalue weighted by Crippen LogP contribution is 2.32. The SMILES string of the molecule is CCCNCc1cccc(OCC)c1OCCC(C)(C)O. The van der Waals surface area contributed by atoms with Crippen LogP contribution in [0.1, 0.15) is 46.1 Å². The van der Waals surface area contributed by atoms with E-state index in [0.717, 1.165) is 36.6 Å². The lowest BCUT2D eigenvalue weighted by Crippen LogP contribution is -2.22. The van der Waals surface area contributed by atoms with Gasteiger partial charge in [0.1, 0.15) is 0 Å². The third-order valence-corrected chi connectivity index (χ3v) is 3.06. The number of benzene rings is 1. The standard InChI is InChI=1S/C17H29NO3/c1-5-11-18-13-14-8-7-9-15(20-6-2)16(14)21-12-10-17(3,4)19/h7-9,18-19H,5-6,10-13H2,1-4H3. The second kappa shape index (κ2) is 8.90. The summed E-state index contributed by atoms with van der Waals surface area (Å²) in [5.41, 5.74) is 0.367. The molecule has 0 aliphatic rings. The van der Waals surface area contributed by atoms with Crippen LogP contribution < -0.4 is 14.8 Å². The minimum Gasteiger partial charge on any atom is -0.490 e. The van der Waals surface area contributed by atoms with Crippen LogP contribution in [-0.4, -0.2) is 30.5 Å². The molecule has 0 atom stereocenters. The van der Waals surface area contributed by atoms with E-state index in [0.29, 0.717) is 19.6 Å². The molecule has 0 spiro atoms. The van der Waals surface area contributed by atoms with Gasteiger partial charge in [0.15, 0.2) is 11.5 Å². The molecule has 0 unspecified atom stereocenters. The van der Waals surface area contributed by atoms with E-state index in [1.165, 1.54) is 0 Å². The molecular weight excluding hydrogens is 266 g/mol. The van der Waals surface area contributed by atoms with Crippen molar-refractivity contribution in [1.82, 2.24) is 5.32 Å². The van der Waals surface area contributed by atoms with E-state index >= 15 is 0 Å². The molecular formula is C17H29NO3. The van der Waals surface area contributed by atoms with Gasteiger partial charge in [0.2, 0.25) is 0 Å². The van der Waals surface area contributed by atoms with Gasteiger partial charge in [0.25, 0.3) is 0 Å². The van der Waals surface area contributed by atoms with Crippen molar-refractivity contribution in [2.45, 2.75) is 52.7 Å². The fourth-order valence-corrected chi connectivity index (χ4v) is 1.94. The normalized spacial score (nSPS) is 11.5. The Labute approximate surface area is 128 Å². The molecule has 2 N–H and O–H groups in total. The molecule has 0 fully saturated rings. The Kier molecular flexibility index (Phi) is 7.54. The number of hydrogen-bond donors (Lipinski definition) is 2. The summed E-state index contributed by atoms with van der Waals surface area (Å²) in [5.74, 6) is 1.55. The van der Waals surface area contributed by atoms with Crippen molar-refractivity contribution in [3.63, 3.8) is 0 Å². The van der Waals surface area contributed by atoms with Crippen molar-refractivity contribution in [3.8, 4) is 11.5 Å². The van der Waals surface area contributed by atoms with E-state index in [2.05, 4.69) is 12.2 Å². The van der Waals surface area contributed by atoms with Crippen LogP contribution in [0.25, 0.3) is 0 Å². The second-order valence-corrected chi connectivity index (χ2v) is 5.77. The molecule has 0 aromatic heterocycles. The summed E-state index contributed by atoms with van der Waals surface area (Å²) in [6.07, 6.45) is 1.68. The van der Waals surface area contributed by atoms with Crippen LogP contribution in [0.2, 0.25) is 0 Å². The Balaban J connectivity index is 2.78. The van der Waals surface area contributed by atoms with Crippen molar-refractivity contribution in [2.24, 2.45) is 0 Å². The third-order valence-electron chi connectivity index (χ3n) is 3.06. The smallest absolute Gasteiger partial charge is 0.165 e. The van der Waals surface area contributed by atoms with E-state index in [-0.39, 0.29) is 0 Å². The van der Waals surface area contributed by atoms with Crippen LogP contribution in [0.4, 0.5) is 0 Å². The molecule has 4 nitrogen and oxygen atoms in total. The van der Waals surface area contributed by atoms with Crippen LogP contribution in [0, 0.1) is 0 Å². The Bertz CT molecular complexity index is 413. The molecule has 1 aromatic rings. The summed E-state index contributed by atoms with van der Waals surface area (Å²) < 4.78 is 11.6. The van der Waals surface area contributed by atoms with E-state index in [1.54, 1.807) is 13.8 Å². The molecule has 0 aliphatic heterocycles. The molecule has 1 rings (SSSR count). The zero-order valence-corrected chi connectivity index (χ0v) is 13.7. The van der Waals surface area contributed by atoms with Gasteiger partial charge in [-0.3, -0.25) is 0 Å². The van der Waals surface area contributed by atoms with Crippen LogP contribution in [0.3, 0.4) is 0 Å². The maximum absolute atomic E-state index is 9.79. The number of rotatable bonds is 10. The average molecular weight is 295 g/mol. The van der Waals surface area contributed by atoms with E-state index in [9.17, 15) is 5.11 Å². The predicted molar refractivity (Wildman–Crippen MR) is 86.0 cm³/mol. The summed E-state index contributed by atoms with van der Waals surface area (Å²) in [6.45, 7) is 10.5. The Hall–Kier alpha value is -1.26. The molecule has 21 heavy (non-hydrogen) atoms. The van der Waals surface area contributed by atoms with Crippen molar-refractivity contribution in [2.75, 3.05) is 19.8 Å². The lowest BCUT2D eigenvalue weighted by atomic mass is 10.1. The lowest BCUT2D eigenvalue weighted by Gasteiger charge is -2.20. The molecule has 0 radical (unpaired) electrons. The minimum atomic E-state index is -0.721. The monoisotopic (exact) mass is 295 g/mol. The first-order valence-corrected chi connectivity index (χ1v) is 7.78. The maximum Gasteiger partial charge on any atom is 0.165 e. The third kappa shape index (κ3) is 6.82. The average Bonchev–Trinajstić information content (AvgIpc) is 2.40. The van der Waals surface area contributed by atoms with E-state index < -0.39 is 5.60 Å². The number of aliphatic hydroxyl groups is 1. The number of ether oxygens (including phenoxy) is 2. The number of hydrogen-bond acceptors (Lipinski definition) is 4. The first kappa shape index (κ1) is 17.8. The lowest BCUT2D eigenvalue weighted by molar-refractivity contribution is 0.0546. The highest BCUT2D eigenvalue weighted by molar-refractivity contribution is 5.46. The summed E-state index contributed by atoms with van der Waals surface area (Å²) >= 11 is 0. The zero-order valence-electron chi connectivity index (χ0n) is 13.7. The van der Waals surface area contributed by atoms with E-state index in [4.69, 9.17) is 9.47 Å². The zero-order chi connectivity index (χ0) is 15.7. The maximum atomic E-state index is 9.79. The van der Waals surface area contributed by atoms with Gasteiger partial charge in [-0.1, -0.05) is 19.1 Å². The van der Waals surface area contributed by atoms with Gasteiger partial charge in [0, 0.05) is 18.5 Å². The predicted octanol–water partition coefficient (Wildman–Crippen LogP) is 3.12. The molecule has 120 valence electrons. The number of para-hydroxylation sites is 1. The van der Waals surface area contributed by atoms with Crippen molar-refractivity contribution >= 4 is 0 Å². The van der Waals surface area contributed by atoms with Gasteiger partial charge in [0.05, 0.1) is 18.8 Å². The van der Waals surface area contributed by atoms with E-state index in [1.807, 2.05) is 25.1 Å². The molecule has 0 amide bonds. The van der Waals surface area contributed by atoms with Gasteiger partial charge < -0.3 is 19.9 Å². The van der Waals surface area contributed by atoms with Gasteiger partial charge in [-0.25, -0.2) is 0 Å². The van der Waals surface area contributed by atoms with Gasteiger partial charge in [-0.15, -0.1) is 0 Å². The van der Waals surface area contributed by atoms with Crippen LogP contribution in [0.15, 0.2) is 18.2 Å². The molecule has 0 bridgehead atoms. The molecule has 0 saturated heterocycles. The Morgan fingerprint density at radius 2 is 1.95 bits per heavy atom. The number of nitrogens with one attached hydrogen (secondary N) is 1. The van der Waals surface area contributed by atoms with Crippen LogP contribution >= 0.6 is 0 Å². The van der Waals surface area contributed by atoms with Crippen molar-refractivity contribution in [3.05, 3.63) is 23.8 Å². The Morgan fingerprint density at radius 3 is 2.57 bits per heavy atom.